The third kappa shape index (κ3) is 1.53. The van der Waals surface area contributed by atoms with E-state index in [-0.39, 0.29) is 39.4 Å². The van der Waals surface area contributed by atoms with Crippen molar-refractivity contribution in [3.63, 3.8) is 0 Å². The molecule has 22 heavy (non-hydrogen) atoms. The molecule has 1 heterocycles. The number of rotatable bonds is 0. The van der Waals surface area contributed by atoms with Gasteiger partial charge in [0.15, 0.2) is 17.3 Å². The van der Waals surface area contributed by atoms with Crippen molar-refractivity contribution in [3.05, 3.63) is 57.9 Å². The molecule has 0 saturated carbocycles. The predicted molar refractivity (Wildman–Crippen MR) is 76.5 cm³/mol. The molecule has 0 bridgehead atoms. The van der Waals surface area contributed by atoms with Crippen LogP contribution < -0.4 is 0 Å². The zero-order chi connectivity index (χ0) is 15.4. The summed E-state index contributed by atoms with van der Waals surface area (Å²) in [6.45, 7) is 0. The van der Waals surface area contributed by atoms with Crippen molar-refractivity contribution in [2.45, 2.75) is 19.3 Å². The van der Waals surface area contributed by atoms with E-state index in [0.717, 1.165) is 0 Å². The number of Topliss-reactive ketones (excluding diaryl/α,β-unsaturated/α-hetero) is 1. The molecule has 1 N–H and O–H groups in total. The average molecular weight is 293 g/mol. The fourth-order valence-corrected chi connectivity index (χ4v) is 3.23. The molecule has 0 amide bonds. The third-order valence-corrected chi connectivity index (χ3v) is 4.24. The number of aryl methyl sites for hydroxylation is 1. The highest BCUT2D eigenvalue weighted by atomic mass is 16.3. The number of hydrogen-bond acceptors (Lipinski definition) is 5. The summed E-state index contributed by atoms with van der Waals surface area (Å²) in [5.41, 5.74) is 1.26. The average Bonchev–Trinajstić information content (AvgIpc) is 2.52. The van der Waals surface area contributed by atoms with E-state index in [0.29, 0.717) is 25.0 Å². The maximum absolute atomic E-state index is 12.8. The van der Waals surface area contributed by atoms with Crippen LogP contribution in [0.1, 0.15) is 60.7 Å². The van der Waals surface area contributed by atoms with Crippen molar-refractivity contribution in [2.75, 3.05) is 0 Å². The second kappa shape index (κ2) is 4.34. The normalized spacial score (nSPS) is 16.1. The summed E-state index contributed by atoms with van der Waals surface area (Å²) in [7, 11) is 0. The van der Waals surface area contributed by atoms with E-state index in [1.165, 1.54) is 24.4 Å². The Balaban J connectivity index is 2.07. The number of carbonyl (C=O) groups excluding carboxylic acids is 3. The summed E-state index contributed by atoms with van der Waals surface area (Å²) in [5, 5.41) is 9.90. The molecule has 1 aromatic heterocycles. The Morgan fingerprint density at radius 3 is 2.50 bits per heavy atom. The quantitative estimate of drug-likeness (QED) is 0.686. The number of aromatic nitrogens is 1. The van der Waals surface area contributed by atoms with Crippen molar-refractivity contribution in [1.29, 1.82) is 0 Å². The second-order valence-electron chi connectivity index (χ2n) is 5.50. The molecular weight excluding hydrogens is 282 g/mol. The monoisotopic (exact) mass is 293 g/mol. The summed E-state index contributed by atoms with van der Waals surface area (Å²) in [4.78, 5) is 41.8. The lowest BCUT2D eigenvalue weighted by Crippen LogP contribution is -2.27. The highest BCUT2D eigenvalue weighted by Crippen LogP contribution is 2.36. The van der Waals surface area contributed by atoms with Crippen LogP contribution >= 0.6 is 0 Å². The third-order valence-electron chi connectivity index (χ3n) is 4.24. The molecule has 2 aromatic rings. The van der Waals surface area contributed by atoms with E-state index in [1.807, 2.05) is 0 Å². The van der Waals surface area contributed by atoms with Gasteiger partial charge in [0, 0.05) is 23.7 Å². The number of phenols is 1. The van der Waals surface area contributed by atoms with E-state index in [4.69, 9.17) is 0 Å². The van der Waals surface area contributed by atoms with E-state index >= 15 is 0 Å². The minimum Gasteiger partial charge on any atom is -0.507 e. The molecule has 5 nitrogen and oxygen atoms in total. The molecule has 2 aliphatic carbocycles. The molecule has 2 aliphatic rings. The van der Waals surface area contributed by atoms with Crippen molar-refractivity contribution < 1.29 is 19.5 Å². The molecular formula is C17H11NO4. The van der Waals surface area contributed by atoms with Crippen LogP contribution in [0.15, 0.2) is 24.4 Å². The molecule has 0 aliphatic heterocycles. The second-order valence-corrected chi connectivity index (χ2v) is 5.50. The topological polar surface area (TPSA) is 84.3 Å². The molecule has 108 valence electrons. The van der Waals surface area contributed by atoms with Gasteiger partial charge in [-0.25, -0.2) is 0 Å². The summed E-state index contributed by atoms with van der Waals surface area (Å²) in [6.07, 6.45) is 3.04. The van der Waals surface area contributed by atoms with Crippen LogP contribution in [0.3, 0.4) is 0 Å². The van der Waals surface area contributed by atoms with Crippen LogP contribution in [0.2, 0.25) is 0 Å². The minimum atomic E-state index is -0.462. The number of carbonyl (C=O) groups is 3. The number of fused-ring (bicyclic) bond motifs is 4. The lowest BCUT2D eigenvalue weighted by atomic mass is 9.79. The van der Waals surface area contributed by atoms with Crippen molar-refractivity contribution in [1.82, 2.24) is 4.98 Å². The fourth-order valence-electron chi connectivity index (χ4n) is 3.23. The number of nitrogens with zero attached hydrogens (tertiary/aromatic N) is 1. The molecule has 1 aromatic carbocycles. The highest BCUT2D eigenvalue weighted by molar-refractivity contribution is 6.31. The SMILES string of the molecule is O=C1c2cnc3c(c2C(=O)c2cccc(O)c21)C(=O)CCC3. The first-order valence-electron chi connectivity index (χ1n) is 7.06. The van der Waals surface area contributed by atoms with Crippen molar-refractivity contribution >= 4 is 17.3 Å². The van der Waals surface area contributed by atoms with Crippen LogP contribution in [0.5, 0.6) is 5.75 Å². The lowest BCUT2D eigenvalue weighted by molar-refractivity contribution is 0.0947. The lowest BCUT2D eigenvalue weighted by Gasteiger charge is -2.23. The predicted octanol–water partition coefficient (Wildman–Crippen LogP) is 2.08. The standard InChI is InChI=1S/C17H11NO4/c19-11-5-1-3-8-13(11)17(22)9-7-18-10-4-2-6-12(20)15(10)14(9)16(8)21/h1,3,5,7,19H,2,4,6H2. The first kappa shape index (κ1) is 12.9. The number of pyridine rings is 1. The van der Waals surface area contributed by atoms with Gasteiger partial charge in [0.1, 0.15) is 5.75 Å². The summed E-state index contributed by atoms with van der Waals surface area (Å²) in [5.74, 6) is -1.23. The molecule has 5 heteroatoms. The van der Waals surface area contributed by atoms with Gasteiger partial charge in [-0.3, -0.25) is 19.4 Å². The van der Waals surface area contributed by atoms with Crippen LogP contribution in [-0.2, 0) is 6.42 Å². The van der Waals surface area contributed by atoms with E-state index in [9.17, 15) is 19.5 Å². The highest BCUT2D eigenvalue weighted by Gasteiger charge is 2.37. The van der Waals surface area contributed by atoms with E-state index in [2.05, 4.69) is 4.98 Å². The number of ketones is 3. The number of benzene rings is 1. The zero-order valence-corrected chi connectivity index (χ0v) is 11.5. The fraction of sp³-hybridized carbons (Fsp3) is 0.176. The van der Waals surface area contributed by atoms with Crippen molar-refractivity contribution in [2.24, 2.45) is 0 Å². The Kier molecular flexibility index (Phi) is 2.54. The Hall–Kier alpha value is -2.82. The molecule has 0 unspecified atom stereocenters. The summed E-state index contributed by atoms with van der Waals surface area (Å²) in [6, 6.07) is 4.38. The number of aromatic hydroxyl groups is 1. The van der Waals surface area contributed by atoms with Gasteiger partial charge in [-0.2, -0.15) is 0 Å². The molecule has 0 saturated heterocycles. The molecule has 0 spiro atoms. The summed E-state index contributed by atoms with van der Waals surface area (Å²) < 4.78 is 0. The molecule has 0 atom stereocenters. The van der Waals surface area contributed by atoms with Crippen LogP contribution in [0.4, 0.5) is 0 Å². The Labute approximate surface area is 125 Å². The maximum atomic E-state index is 12.8. The van der Waals surface area contributed by atoms with Gasteiger partial charge in [-0.05, 0) is 18.9 Å². The van der Waals surface area contributed by atoms with E-state index in [1.54, 1.807) is 0 Å². The van der Waals surface area contributed by atoms with Gasteiger partial charge in [-0.1, -0.05) is 12.1 Å². The first-order valence-corrected chi connectivity index (χ1v) is 7.06. The van der Waals surface area contributed by atoms with Gasteiger partial charge in [0.05, 0.1) is 22.4 Å². The van der Waals surface area contributed by atoms with E-state index < -0.39 is 11.6 Å². The molecule has 0 radical (unpaired) electrons. The Bertz CT molecular complexity index is 882. The zero-order valence-electron chi connectivity index (χ0n) is 11.5. The van der Waals surface area contributed by atoms with Gasteiger partial charge in [-0.15, -0.1) is 0 Å². The van der Waals surface area contributed by atoms with Crippen molar-refractivity contribution in [3.8, 4) is 5.75 Å². The Morgan fingerprint density at radius 2 is 1.68 bits per heavy atom. The van der Waals surface area contributed by atoms with Crippen LogP contribution in [0.25, 0.3) is 0 Å². The Morgan fingerprint density at radius 1 is 0.909 bits per heavy atom. The van der Waals surface area contributed by atoms with Gasteiger partial charge in [0.2, 0.25) is 0 Å². The minimum absolute atomic E-state index is 0.00925. The maximum Gasteiger partial charge on any atom is 0.199 e. The van der Waals surface area contributed by atoms with Crippen LogP contribution in [0, 0.1) is 0 Å². The smallest absolute Gasteiger partial charge is 0.199 e. The largest absolute Gasteiger partial charge is 0.507 e. The van der Waals surface area contributed by atoms with Gasteiger partial charge in [0.25, 0.3) is 0 Å². The number of hydrogen-bond donors (Lipinski definition) is 1. The molecule has 4 rings (SSSR count). The van der Waals surface area contributed by atoms with Crippen LogP contribution in [-0.4, -0.2) is 27.4 Å². The first-order chi connectivity index (χ1) is 10.6. The number of phenolic OH excluding ortho intramolecular Hbond substituents is 1. The molecule has 0 fully saturated rings. The summed E-state index contributed by atoms with van der Waals surface area (Å²) >= 11 is 0. The van der Waals surface area contributed by atoms with Gasteiger partial charge >= 0.3 is 0 Å². The van der Waals surface area contributed by atoms with Gasteiger partial charge < -0.3 is 5.11 Å².